The zero-order valence-corrected chi connectivity index (χ0v) is 18.9. The predicted molar refractivity (Wildman–Crippen MR) is 122 cm³/mol. The van der Waals surface area contributed by atoms with Gasteiger partial charge in [0.25, 0.3) is 0 Å². The molecule has 33 heavy (non-hydrogen) atoms. The molecular formula is C23H20FN3O4S2. The van der Waals surface area contributed by atoms with Crippen LogP contribution in [-0.2, 0) is 27.8 Å². The van der Waals surface area contributed by atoms with Crippen molar-refractivity contribution in [3.63, 3.8) is 0 Å². The van der Waals surface area contributed by atoms with Gasteiger partial charge in [-0.1, -0.05) is 48.5 Å². The first-order valence-electron chi connectivity index (χ1n) is 9.99. The highest BCUT2D eigenvalue weighted by Crippen LogP contribution is 2.23. The van der Waals surface area contributed by atoms with Crippen LogP contribution in [0.15, 0.2) is 87.7 Å². The summed E-state index contributed by atoms with van der Waals surface area (Å²) in [6, 6.07) is 16.5. The van der Waals surface area contributed by atoms with Gasteiger partial charge in [0.2, 0.25) is 21.8 Å². The van der Waals surface area contributed by atoms with E-state index < -0.39 is 32.7 Å². The summed E-state index contributed by atoms with van der Waals surface area (Å²) < 4.78 is 47.5. The number of hydrogen-bond donors (Lipinski definition) is 2. The van der Waals surface area contributed by atoms with Crippen molar-refractivity contribution in [2.24, 2.45) is 0 Å². The molecule has 0 unspecified atom stereocenters. The number of aromatic nitrogens is 1. The van der Waals surface area contributed by atoms with Crippen molar-refractivity contribution in [1.82, 2.24) is 15.0 Å². The highest BCUT2D eigenvalue weighted by atomic mass is 32.2. The number of thiophene rings is 1. The number of nitrogens with zero attached hydrogens (tertiary/aromatic N) is 1. The molecule has 1 amide bonds. The number of carbonyl (C=O) groups is 1. The molecule has 4 rings (SSSR count). The average Bonchev–Trinajstić information content (AvgIpc) is 3.50. The minimum atomic E-state index is -4.28. The van der Waals surface area contributed by atoms with E-state index in [0.717, 1.165) is 22.6 Å². The third-order valence-electron chi connectivity index (χ3n) is 4.75. The lowest BCUT2D eigenvalue weighted by molar-refractivity contribution is -0.122. The Balaban J connectivity index is 1.50. The normalized spacial score (nSPS) is 12.4. The van der Waals surface area contributed by atoms with Gasteiger partial charge >= 0.3 is 0 Å². The van der Waals surface area contributed by atoms with Crippen LogP contribution in [0.1, 0.15) is 11.3 Å². The first-order valence-corrected chi connectivity index (χ1v) is 12.4. The third kappa shape index (κ3) is 5.72. The number of benzene rings is 2. The van der Waals surface area contributed by atoms with E-state index in [1.807, 2.05) is 23.6 Å². The molecule has 0 bridgehead atoms. The molecule has 0 aliphatic carbocycles. The molecule has 2 N–H and O–H groups in total. The van der Waals surface area contributed by atoms with Crippen molar-refractivity contribution in [2.75, 3.05) is 0 Å². The van der Waals surface area contributed by atoms with E-state index in [9.17, 15) is 17.6 Å². The van der Waals surface area contributed by atoms with Gasteiger partial charge in [-0.2, -0.15) is 4.72 Å². The van der Waals surface area contributed by atoms with Gasteiger partial charge in [-0.15, -0.1) is 11.3 Å². The summed E-state index contributed by atoms with van der Waals surface area (Å²) in [5.41, 5.74) is 1.23. The van der Waals surface area contributed by atoms with Crippen molar-refractivity contribution < 1.29 is 22.0 Å². The molecule has 0 aliphatic heterocycles. The van der Waals surface area contributed by atoms with Crippen molar-refractivity contribution in [2.45, 2.75) is 23.9 Å². The Morgan fingerprint density at radius 1 is 1.06 bits per heavy atom. The molecule has 0 aliphatic rings. The number of hydrogen-bond acceptors (Lipinski definition) is 6. The van der Waals surface area contributed by atoms with Crippen LogP contribution in [-0.4, -0.2) is 25.4 Å². The van der Waals surface area contributed by atoms with E-state index in [1.54, 1.807) is 24.3 Å². The fourth-order valence-electron chi connectivity index (χ4n) is 3.15. The molecule has 170 valence electrons. The highest BCUT2D eigenvalue weighted by Gasteiger charge is 2.28. The summed E-state index contributed by atoms with van der Waals surface area (Å²) in [4.78, 5) is 17.6. The Labute approximate surface area is 194 Å². The summed E-state index contributed by atoms with van der Waals surface area (Å²) in [6.07, 6.45) is 1.52. The highest BCUT2D eigenvalue weighted by molar-refractivity contribution is 7.89. The zero-order chi connectivity index (χ0) is 23.3. The van der Waals surface area contributed by atoms with Crippen molar-refractivity contribution in [3.05, 3.63) is 95.4 Å². The Hall–Kier alpha value is -3.34. The molecule has 4 aromatic rings. The second kappa shape index (κ2) is 10.1. The number of amides is 1. The van der Waals surface area contributed by atoms with Gasteiger partial charge in [-0.25, -0.2) is 17.8 Å². The number of nitrogens with one attached hydrogen (secondary N) is 2. The standard InChI is InChI=1S/C23H20FN3O4S2/c24-18-9-4-5-11-21(18)33(29,30)27-19(13-16-7-2-1-3-8-16)22(28)25-14-17-15-31-23(26-17)20-10-6-12-32-20/h1-12,15,19,27H,13-14H2,(H,25,28)/t19-/m0/s1. The molecule has 7 nitrogen and oxygen atoms in total. The number of sulfonamides is 1. The SMILES string of the molecule is O=C(NCc1coc(-c2cccs2)n1)[C@H](Cc1ccccc1)NS(=O)(=O)c1ccccc1F. The lowest BCUT2D eigenvalue weighted by Gasteiger charge is -2.18. The lowest BCUT2D eigenvalue weighted by Crippen LogP contribution is -2.47. The molecule has 1 atom stereocenters. The molecule has 0 radical (unpaired) electrons. The maximum absolute atomic E-state index is 14.1. The monoisotopic (exact) mass is 485 g/mol. The van der Waals surface area contributed by atoms with Crippen LogP contribution in [0.3, 0.4) is 0 Å². The fourth-order valence-corrected chi connectivity index (χ4v) is 5.08. The zero-order valence-electron chi connectivity index (χ0n) is 17.3. The molecule has 2 aromatic heterocycles. The van der Waals surface area contributed by atoms with Crippen molar-refractivity contribution in [3.8, 4) is 10.8 Å². The topological polar surface area (TPSA) is 101 Å². The summed E-state index contributed by atoms with van der Waals surface area (Å²) in [6.45, 7) is 0.0421. The van der Waals surface area contributed by atoms with E-state index in [2.05, 4.69) is 15.0 Å². The largest absolute Gasteiger partial charge is 0.443 e. The molecule has 0 saturated carbocycles. The van der Waals surface area contributed by atoms with Gasteiger partial charge in [0.05, 0.1) is 17.1 Å². The van der Waals surface area contributed by atoms with Crippen LogP contribution < -0.4 is 10.0 Å². The van der Waals surface area contributed by atoms with Crippen molar-refractivity contribution >= 4 is 27.3 Å². The fraction of sp³-hybridized carbons (Fsp3) is 0.130. The van der Waals surface area contributed by atoms with E-state index in [1.165, 1.54) is 29.7 Å². The van der Waals surface area contributed by atoms with Crippen LogP contribution in [0.5, 0.6) is 0 Å². The summed E-state index contributed by atoms with van der Waals surface area (Å²) >= 11 is 1.47. The second-order valence-corrected chi connectivity index (χ2v) is 9.76. The Bertz CT molecular complexity index is 1320. The maximum Gasteiger partial charge on any atom is 0.244 e. The molecule has 0 saturated heterocycles. The molecule has 0 fully saturated rings. The Morgan fingerprint density at radius 3 is 2.55 bits per heavy atom. The van der Waals surface area contributed by atoms with Gasteiger partial charge in [0.1, 0.15) is 23.0 Å². The Morgan fingerprint density at radius 2 is 1.82 bits per heavy atom. The second-order valence-electron chi connectivity index (χ2n) is 7.13. The average molecular weight is 486 g/mol. The van der Waals surface area contributed by atoms with Gasteiger partial charge in [0, 0.05) is 0 Å². The lowest BCUT2D eigenvalue weighted by atomic mass is 10.1. The van der Waals surface area contributed by atoms with Gasteiger partial charge in [-0.3, -0.25) is 4.79 Å². The van der Waals surface area contributed by atoms with E-state index in [4.69, 9.17) is 4.42 Å². The smallest absolute Gasteiger partial charge is 0.244 e. The number of rotatable bonds is 9. The number of halogens is 1. The minimum absolute atomic E-state index is 0.0421. The van der Waals surface area contributed by atoms with E-state index in [0.29, 0.717) is 11.6 Å². The van der Waals surface area contributed by atoms with E-state index >= 15 is 0 Å². The number of carbonyl (C=O) groups excluding carboxylic acids is 1. The molecule has 2 aromatic carbocycles. The Kier molecular flexibility index (Phi) is 6.97. The van der Waals surface area contributed by atoms with Crippen LogP contribution in [0.25, 0.3) is 10.8 Å². The summed E-state index contributed by atoms with van der Waals surface area (Å²) in [7, 11) is -4.28. The molecular weight excluding hydrogens is 465 g/mol. The number of oxazole rings is 1. The molecule has 2 heterocycles. The van der Waals surface area contributed by atoms with E-state index in [-0.39, 0.29) is 13.0 Å². The molecule has 10 heteroatoms. The third-order valence-corrected chi connectivity index (χ3v) is 7.11. The quantitative estimate of drug-likeness (QED) is 0.376. The van der Waals surface area contributed by atoms with Gasteiger partial charge in [-0.05, 0) is 35.6 Å². The van der Waals surface area contributed by atoms with Gasteiger partial charge in [0.15, 0.2) is 0 Å². The first-order chi connectivity index (χ1) is 15.9. The maximum atomic E-state index is 14.1. The van der Waals surface area contributed by atoms with Crippen LogP contribution >= 0.6 is 11.3 Å². The summed E-state index contributed by atoms with van der Waals surface area (Å²) in [5, 5.41) is 4.59. The van der Waals surface area contributed by atoms with Crippen LogP contribution in [0, 0.1) is 5.82 Å². The van der Waals surface area contributed by atoms with Gasteiger partial charge < -0.3 is 9.73 Å². The predicted octanol–water partition coefficient (Wildman–Crippen LogP) is 3.75. The van der Waals surface area contributed by atoms with Crippen molar-refractivity contribution in [1.29, 1.82) is 0 Å². The summed E-state index contributed by atoms with van der Waals surface area (Å²) in [5.74, 6) is -1.03. The minimum Gasteiger partial charge on any atom is -0.443 e. The van der Waals surface area contributed by atoms with Crippen LogP contribution in [0.4, 0.5) is 4.39 Å². The van der Waals surface area contributed by atoms with Crippen LogP contribution in [0.2, 0.25) is 0 Å². The first kappa shape index (κ1) is 22.8. The molecule has 0 spiro atoms.